The maximum atomic E-state index is 11.9. The van der Waals surface area contributed by atoms with E-state index >= 15 is 0 Å². The molecule has 0 heterocycles. The van der Waals surface area contributed by atoms with Crippen LogP contribution in [0.5, 0.6) is 5.75 Å². The predicted molar refractivity (Wildman–Crippen MR) is 92.5 cm³/mol. The Kier molecular flexibility index (Phi) is 6.65. The van der Waals surface area contributed by atoms with Crippen molar-refractivity contribution in [2.24, 2.45) is 5.73 Å². The molecule has 0 saturated carbocycles. The lowest BCUT2D eigenvalue weighted by molar-refractivity contribution is -0.130. The fraction of sp³-hybridized carbons (Fsp3) is 0.353. The summed E-state index contributed by atoms with van der Waals surface area (Å²) in [5.41, 5.74) is 6.77. The Bertz CT molecular complexity index is 644. The lowest BCUT2D eigenvalue weighted by atomic mass is 10.1. The Morgan fingerprint density at radius 2 is 1.86 bits per heavy atom. The molecule has 0 aliphatic carbocycles. The van der Waals surface area contributed by atoms with Gasteiger partial charge in [0.2, 0.25) is 5.91 Å². The summed E-state index contributed by atoms with van der Waals surface area (Å²) >= 11 is 0. The van der Waals surface area contributed by atoms with Crippen LogP contribution in [-0.4, -0.2) is 31.0 Å². The summed E-state index contributed by atoms with van der Waals surface area (Å²) in [6, 6.07) is 12.1. The molecule has 0 aromatic heterocycles. The Morgan fingerprint density at radius 3 is 2.50 bits per heavy atom. The molecule has 1 atom stereocenters. The molecule has 0 fully saturated rings. The second-order valence-electron chi connectivity index (χ2n) is 5.48. The molecule has 1 amide bonds. The third kappa shape index (κ3) is 4.61. The maximum absolute atomic E-state index is 11.9. The summed E-state index contributed by atoms with van der Waals surface area (Å²) in [7, 11) is 3.47. The number of fused-ring (bicyclic) bond motifs is 1. The van der Waals surface area contributed by atoms with E-state index in [9.17, 15) is 4.79 Å². The summed E-state index contributed by atoms with van der Waals surface area (Å²) < 4.78 is 5.22. The van der Waals surface area contributed by atoms with Gasteiger partial charge in [0.15, 0.2) is 0 Å². The minimum atomic E-state index is -0.107. The van der Waals surface area contributed by atoms with Crippen LogP contribution < -0.4 is 10.5 Å². The first-order valence-electron chi connectivity index (χ1n) is 7.06. The van der Waals surface area contributed by atoms with Crippen LogP contribution in [0.2, 0.25) is 0 Å². The first-order chi connectivity index (χ1) is 9.99. The van der Waals surface area contributed by atoms with Crippen molar-refractivity contribution in [3.63, 3.8) is 0 Å². The van der Waals surface area contributed by atoms with Crippen LogP contribution in [0.4, 0.5) is 0 Å². The van der Waals surface area contributed by atoms with E-state index in [2.05, 4.69) is 12.1 Å². The molecule has 0 radical (unpaired) electrons. The van der Waals surface area contributed by atoms with Crippen LogP contribution in [0, 0.1) is 0 Å². The predicted octanol–water partition coefficient (Wildman–Crippen LogP) is 2.97. The van der Waals surface area contributed by atoms with Crippen LogP contribution in [0.1, 0.15) is 18.9 Å². The van der Waals surface area contributed by atoms with E-state index < -0.39 is 0 Å². The van der Waals surface area contributed by atoms with E-state index in [4.69, 9.17) is 10.5 Å². The molecule has 0 aliphatic heterocycles. The molecule has 5 heteroatoms. The Hall–Kier alpha value is -1.78. The van der Waals surface area contributed by atoms with Gasteiger partial charge in [-0.15, -0.1) is 12.4 Å². The van der Waals surface area contributed by atoms with Crippen molar-refractivity contribution in [1.29, 1.82) is 0 Å². The van der Waals surface area contributed by atoms with Gasteiger partial charge < -0.3 is 15.4 Å². The number of amides is 1. The van der Waals surface area contributed by atoms with Crippen LogP contribution in [0.3, 0.4) is 0 Å². The number of hydrogen-bond acceptors (Lipinski definition) is 3. The molecule has 2 aromatic rings. The van der Waals surface area contributed by atoms with Gasteiger partial charge in [0.1, 0.15) is 5.75 Å². The fourth-order valence-corrected chi connectivity index (χ4v) is 2.29. The zero-order chi connectivity index (χ0) is 15.4. The highest BCUT2D eigenvalue weighted by Crippen LogP contribution is 2.22. The summed E-state index contributed by atoms with van der Waals surface area (Å²) in [6.07, 6.45) is 0.376. The minimum Gasteiger partial charge on any atom is -0.497 e. The Labute approximate surface area is 137 Å². The van der Waals surface area contributed by atoms with E-state index in [0.29, 0.717) is 13.0 Å². The standard InChI is InChI=1S/C17H22N2O2.ClH/c1-12(18)8-17(20)19(2)11-13-4-5-15-10-16(21-3)7-6-14(15)9-13;/h4-7,9-10,12H,8,11,18H2,1-3H3;1H. The van der Waals surface area contributed by atoms with Gasteiger partial charge in [-0.25, -0.2) is 0 Å². The van der Waals surface area contributed by atoms with E-state index in [1.165, 1.54) is 0 Å². The topological polar surface area (TPSA) is 55.6 Å². The second kappa shape index (κ2) is 8.01. The number of rotatable bonds is 5. The maximum Gasteiger partial charge on any atom is 0.224 e. The Balaban J connectivity index is 0.00000242. The molecule has 120 valence electrons. The lowest BCUT2D eigenvalue weighted by Gasteiger charge is -2.18. The Morgan fingerprint density at radius 1 is 1.23 bits per heavy atom. The number of methoxy groups -OCH3 is 1. The van der Waals surface area contributed by atoms with Gasteiger partial charge in [0, 0.05) is 26.1 Å². The molecule has 2 N–H and O–H groups in total. The zero-order valence-corrected chi connectivity index (χ0v) is 14.0. The highest BCUT2D eigenvalue weighted by Gasteiger charge is 2.11. The van der Waals surface area contributed by atoms with Gasteiger partial charge in [-0.1, -0.05) is 18.2 Å². The van der Waals surface area contributed by atoms with Crippen molar-refractivity contribution >= 4 is 29.1 Å². The summed E-state index contributed by atoms with van der Waals surface area (Å²) in [6.45, 7) is 2.43. The molecular weight excluding hydrogens is 300 g/mol. The third-order valence-corrected chi connectivity index (χ3v) is 3.45. The number of nitrogens with zero attached hydrogens (tertiary/aromatic N) is 1. The average molecular weight is 323 g/mol. The highest BCUT2D eigenvalue weighted by molar-refractivity contribution is 5.85. The largest absolute Gasteiger partial charge is 0.497 e. The molecule has 0 saturated heterocycles. The van der Waals surface area contributed by atoms with Gasteiger partial charge in [-0.2, -0.15) is 0 Å². The van der Waals surface area contributed by atoms with Gasteiger partial charge in [-0.3, -0.25) is 4.79 Å². The van der Waals surface area contributed by atoms with Gasteiger partial charge in [0.25, 0.3) is 0 Å². The fourth-order valence-electron chi connectivity index (χ4n) is 2.29. The smallest absolute Gasteiger partial charge is 0.224 e. The summed E-state index contributed by atoms with van der Waals surface area (Å²) in [5.74, 6) is 0.916. The summed E-state index contributed by atoms with van der Waals surface area (Å²) in [4.78, 5) is 13.7. The minimum absolute atomic E-state index is 0. The lowest BCUT2D eigenvalue weighted by Crippen LogP contribution is -2.31. The normalized spacial score (nSPS) is 11.6. The van der Waals surface area contributed by atoms with Gasteiger partial charge in [0.05, 0.1) is 7.11 Å². The van der Waals surface area contributed by atoms with Crippen molar-refractivity contribution in [2.75, 3.05) is 14.2 Å². The van der Waals surface area contributed by atoms with Gasteiger partial charge >= 0.3 is 0 Å². The quantitative estimate of drug-likeness (QED) is 0.920. The van der Waals surface area contributed by atoms with E-state index in [1.54, 1.807) is 12.0 Å². The van der Waals surface area contributed by atoms with Gasteiger partial charge in [-0.05, 0) is 41.5 Å². The molecule has 2 rings (SSSR count). The van der Waals surface area contributed by atoms with Crippen molar-refractivity contribution in [3.8, 4) is 5.75 Å². The summed E-state index contributed by atoms with van der Waals surface area (Å²) in [5, 5.41) is 2.27. The van der Waals surface area contributed by atoms with E-state index in [1.807, 2.05) is 38.2 Å². The number of carbonyl (C=O) groups excluding carboxylic acids is 1. The van der Waals surface area contributed by atoms with E-state index in [-0.39, 0.29) is 24.4 Å². The molecule has 2 aromatic carbocycles. The second-order valence-corrected chi connectivity index (χ2v) is 5.48. The monoisotopic (exact) mass is 322 g/mol. The van der Waals surface area contributed by atoms with Crippen LogP contribution in [0.25, 0.3) is 10.8 Å². The number of benzene rings is 2. The molecule has 22 heavy (non-hydrogen) atoms. The first kappa shape index (κ1) is 18.3. The number of hydrogen-bond donors (Lipinski definition) is 1. The number of carbonyl (C=O) groups is 1. The number of nitrogens with two attached hydrogens (primary N) is 1. The highest BCUT2D eigenvalue weighted by atomic mass is 35.5. The van der Waals surface area contributed by atoms with Crippen molar-refractivity contribution in [2.45, 2.75) is 25.9 Å². The molecule has 4 nitrogen and oxygen atoms in total. The van der Waals surface area contributed by atoms with Crippen LogP contribution in [-0.2, 0) is 11.3 Å². The van der Waals surface area contributed by atoms with Crippen LogP contribution in [0.15, 0.2) is 36.4 Å². The molecule has 0 aliphatic rings. The van der Waals surface area contributed by atoms with Crippen molar-refractivity contribution < 1.29 is 9.53 Å². The number of halogens is 1. The zero-order valence-electron chi connectivity index (χ0n) is 13.2. The number of ether oxygens (including phenoxy) is 1. The van der Waals surface area contributed by atoms with Crippen molar-refractivity contribution in [1.82, 2.24) is 4.90 Å². The van der Waals surface area contributed by atoms with Crippen LogP contribution >= 0.6 is 12.4 Å². The third-order valence-electron chi connectivity index (χ3n) is 3.45. The molecule has 1 unspecified atom stereocenters. The van der Waals surface area contributed by atoms with E-state index in [0.717, 1.165) is 22.1 Å². The first-order valence-corrected chi connectivity index (χ1v) is 7.06. The average Bonchev–Trinajstić information content (AvgIpc) is 2.45. The SMILES string of the molecule is COc1ccc2cc(CN(C)C(=O)CC(C)N)ccc2c1.Cl. The molecule has 0 spiro atoms. The molecular formula is C17H23ClN2O2. The molecule has 0 bridgehead atoms. The van der Waals surface area contributed by atoms with Crippen molar-refractivity contribution in [3.05, 3.63) is 42.0 Å².